The minimum Gasteiger partial charge on any atom is -0.480 e. The lowest BCUT2D eigenvalue weighted by atomic mass is 10.2. The summed E-state index contributed by atoms with van der Waals surface area (Å²) in [7, 11) is 0. The van der Waals surface area contributed by atoms with Crippen LogP contribution in [0.2, 0.25) is 0 Å². The van der Waals surface area contributed by atoms with Gasteiger partial charge >= 0.3 is 5.97 Å². The van der Waals surface area contributed by atoms with Crippen LogP contribution in [0, 0.1) is 0 Å². The first-order valence-corrected chi connectivity index (χ1v) is 6.78. The zero-order chi connectivity index (χ0) is 13.1. The Labute approximate surface area is 114 Å². The van der Waals surface area contributed by atoms with Gasteiger partial charge in [-0.2, -0.15) is 0 Å². The molecule has 2 heterocycles. The van der Waals surface area contributed by atoms with E-state index in [2.05, 4.69) is 20.8 Å². The van der Waals surface area contributed by atoms with Crippen molar-refractivity contribution in [2.45, 2.75) is 19.5 Å². The lowest BCUT2D eigenvalue weighted by Gasteiger charge is -2.36. The number of halogens is 1. The van der Waals surface area contributed by atoms with Crippen molar-refractivity contribution in [1.82, 2.24) is 9.80 Å². The van der Waals surface area contributed by atoms with Crippen LogP contribution in [-0.4, -0.2) is 53.1 Å². The smallest absolute Gasteiger partial charge is 0.320 e. The molecule has 1 saturated heterocycles. The summed E-state index contributed by atoms with van der Waals surface area (Å²) in [6, 6.07) is 1.49. The predicted octanol–water partition coefficient (Wildman–Crippen LogP) is 1.63. The molecule has 0 bridgehead atoms. The van der Waals surface area contributed by atoms with E-state index in [0.29, 0.717) is 0 Å². The number of rotatable bonds is 4. The zero-order valence-corrected chi connectivity index (χ0v) is 11.9. The quantitative estimate of drug-likeness (QED) is 0.915. The molecule has 0 radical (unpaired) electrons. The molecule has 6 heteroatoms. The number of nitrogens with zero attached hydrogens (tertiary/aromatic N) is 2. The van der Waals surface area contributed by atoms with Crippen molar-refractivity contribution in [3.8, 4) is 0 Å². The maximum atomic E-state index is 10.9. The van der Waals surface area contributed by atoms with Gasteiger partial charge in [-0.3, -0.25) is 14.6 Å². The van der Waals surface area contributed by atoms with Gasteiger partial charge in [0.2, 0.25) is 0 Å². The molecule has 1 unspecified atom stereocenters. The summed E-state index contributed by atoms with van der Waals surface area (Å²) in [5, 5.41) is 8.97. The van der Waals surface area contributed by atoms with Gasteiger partial charge in [0.25, 0.3) is 0 Å². The van der Waals surface area contributed by atoms with Crippen molar-refractivity contribution in [2.24, 2.45) is 0 Å². The molecule has 5 nitrogen and oxygen atoms in total. The molecule has 0 aliphatic carbocycles. The molecule has 0 saturated carbocycles. The molecule has 1 aliphatic rings. The molecule has 1 aliphatic heterocycles. The van der Waals surface area contributed by atoms with Crippen molar-refractivity contribution in [2.75, 3.05) is 26.2 Å². The van der Waals surface area contributed by atoms with Gasteiger partial charge in [-0.25, -0.2) is 0 Å². The summed E-state index contributed by atoms with van der Waals surface area (Å²) in [5.41, 5.74) is 0. The number of aliphatic carboxylic acids is 1. The molecule has 0 aromatic carbocycles. The largest absolute Gasteiger partial charge is 0.480 e. The number of furan rings is 1. The van der Waals surface area contributed by atoms with Gasteiger partial charge in [-0.1, -0.05) is 0 Å². The number of hydrogen-bond acceptors (Lipinski definition) is 4. The first-order chi connectivity index (χ1) is 8.58. The molecular weight excluding hydrogens is 300 g/mol. The molecule has 1 aromatic rings. The lowest BCUT2D eigenvalue weighted by Crippen LogP contribution is -2.51. The number of carbonyl (C=O) groups is 1. The van der Waals surface area contributed by atoms with Crippen LogP contribution in [0.15, 0.2) is 21.2 Å². The van der Waals surface area contributed by atoms with E-state index in [1.54, 1.807) is 13.2 Å². The van der Waals surface area contributed by atoms with Crippen LogP contribution in [0.4, 0.5) is 0 Å². The third-order valence-electron chi connectivity index (χ3n) is 3.37. The Kier molecular flexibility index (Phi) is 4.42. The molecule has 18 heavy (non-hydrogen) atoms. The van der Waals surface area contributed by atoms with Gasteiger partial charge in [0.1, 0.15) is 11.8 Å². The van der Waals surface area contributed by atoms with Crippen LogP contribution >= 0.6 is 15.9 Å². The third kappa shape index (κ3) is 3.13. The van der Waals surface area contributed by atoms with E-state index >= 15 is 0 Å². The molecule has 1 fully saturated rings. The van der Waals surface area contributed by atoms with Crippen LogP contribution in [0.25, 0.3) is 0 Å². The summed E-state index contributed by atoms with van der Waals surface area (Å²) in [4.78, 5) is 15.2. The highest BCUT2D eigenvalue weighted by Crippen LogP contribution is 2.20. The van der Waals surface area contributed by atoms with Crippen molar-refractivity contribution in [3.05, 3.63) is 22.6 Å². The fourth-order valence-corrected chi connectivity index (χ4v) is 2.43. The summed E-state index contributed by atoms with van der Waals surface area (Å²) >= 11 is 3.44. The molecule has 1 atom stereocenters. The first-order valence-electron chi connectivity index (χ1n) is 5.99. The van der Waals surface area contributed by atoms with Gasteiger partial charge in [-0.15, -0.1) is 0 Å². The van der Waals surface area contributed by atoms with Crippen molar-refractivity contribution < 1.29 is 14.3 Å². The highest BCUT2D eigenvalue weighted by Gasteiger charge is 2.25. The Morgan fingerprint density at radius 3 is 2.67 bits per heavy atom. The standard InChI is InChI=1S/C12H17BrN2O3/c1-9(12(16)17)15-5-3-14(4-6-15)8-11-10(13)2-7-18-11/h2,7,9H,3-6,8H2,1H3,(H,16,17). The SMILES string of the molecule is CC(C(=O)O)N1CCN(Cc2occc2Br)CC1. The van der Waals surface area contributed by atoms with Gasteiger partial charge < -0.3 is 9.52 Å². The lowest BCUT2D eigenvalue weighted by molar-refractivity contribution is -0.143. The van der Waals surface area contributed by atoms with Crippen LogP contribution < -0.4 is 0 Å². The monoisotopic (exact) mass is 316 g/mol. The maximum Gasteiger partial charge on any atom is 0.320 e. The van der Waals surface area contributed by atoms with Crippen molar-refractivity contribution >= 4 is 21.9 Å². The van der Waals surface area contributed by atoms with E-state index in [-0.39, 0.29) is 0 Å². The second kappa shape index (κ2) is 5.86. The summed E-state index contributed by atoms with van der Waals surface area (Å²) in [5.74, 6) is 0.173. The Bertz CT molecular complexity index is 413. The Morgan fingerprint density at radius 1 is 1.50 bits per heavy atom. The molecule has 1 N–H and O–H groups in total. The van der Waals surface area contributed by atoms with E-state index in [9.17, 15) is 4.79 Å². The van der Waals surface area contributed by atoms with E-state index in [1.807, 2.05) is 11.0 Å². The zero-order valence-electron chi connectivity index (χ0n) is 10.3. The van der Waals surface area contributed by atoms with E-state index in [4.69, 9.17) is 9.52 Å². The topological polar surface area (TPSA) is 56.9 Å². The summed E-state index contributed by atoms with van der Waals surface area (Å²) in [6.45, 7) is 5.80. The molecule has 100 valence electrons. The fraction of sp³-hybridized carbons (Fsp3) is 0.583. The fourth-order valence-electron chi connectivity index (χ4n) is 2.11. The average molecular weight is 317 g/mol. The van der Waals surface area contributed by atoms with Gasteiger partial charge in [0, 0.05) is 26.2 Å². The Balaban J connectivity index is 1.84. The average Bonchev–Trinajstić information content (AvgIpc) is 2.75. The molecule has 1 aromatic heterocycles. The summed E-state index contributed by atoms with van der Waals surface area (Å²) in [6.07, 6.45) is 1.67. The van der Waals surface area contributed by atoms with Crippen LogP contribution in [0.3, 0.4) is 0 Å². The maximum absolute atomic E-state index is 10.9. The normalized spacial score (nSPS) is 19.9. The molecular formula is C12H17BrN2O3. The second-order valence-corrected chi connectivity index (χ2v) is 5.37. The molecule has 0 spiro atoms. The third-order valence-corrected chi connectivity index (χ3v) is 4.08. The molecule has 2 rings (SSSR count). The predicted molar refractivity (Wildman–Crippen MR) is 70.4 cm³/mol. The number of carboxylic acid groups (broad SMARTS) is 1. The van der Waals surface area contributed by atoms with E-state index in [1.165, 1.54) is 0 Å². The minimum atomic E-state index is -0.753. The van der Waals surface area contributed by atoms with E-state index < -0.39 is 12.0 Å². The van der Waals surface area contributed by atoms with Gasteiger partial charge in [0.15, 0.2) is 0 Å². The number of carboxylic acids is 1. The van der Waals surface area contributed by atoms with Gasteiger partial charge in [0.05, 0.1) is 17.3 Å². The Hall–Kier alpha value is -0.850. The summed E-state index contributed by atoms with van der Waals surface area (Å²) < 4.78 is 6.37. The second-order valence-electron chi connectivity index (χ2n) is 4.52. The van der Waals surface area contributed by atoms with Crippen LogP contribution in [0.5, 0.6) is 0 Å². The van der Waals surface area contributed by atoms with Crippen LogP contribution in [0.1, 0.15) is 12.7 Å². The first kappa shape index (κ1) is 13.6. The van der Waals surface area contributed by atoms with Crippen molar-refractivity contribution in [3.63, 3.8) is 0 Å². The number of piperazine rings is 1. The highest BCUT2D eigenvalue weighted by molar-refractivity contribution is 9.10. The minimum absolute atomic E-state index is 0.400. The van der Waals surface area contributed by atoms with E-state index in [0.717, 1.165) is 43.0 Å². The van der Waals surface area contributed by atoms with Crippen molar-refractivity contribution in [1.29, 1.82) is 0 Å². The Morgan fingerprint density at radius 2 is 2.17 bits per heavy atom. The highest BCUT2D eigenvalue weighted by atomic mass is 79.9. The van der Waals surface area contributed by atoms with Crippen LogP contribution in [-0.2, 0) is 11.3 Å². The number of hydrogen-bond donors (Lipinski definition) is 1. The van der Waals surface area contributed by atoms with Gasteiger partial charge in [-0.05, 0) is 28.9 Å². The molecule has 0 amide bonds.